The van der Waals surface area contributed by atoms with Gasteiger partial charge in [0.1, 0.15) is 5.82 Å². The number of pyridine rings is 1. The van der Waals surface area contributed by atoms with Crippen LogP contribution < -0.4 is 5.32 Å². The standard InChI is InChI=1S/C11H10N4O3/c1-6-8(5-13-15-6)10(16)14-9-3-2-7(4-12-9)11(17)18/h2-5H,1H3,(H,13,15)(H,17,18)(H,12,14,16). The fourth-order valence-electron chi connectivity index (χ4n) is 1.36. The zero-order chi connectivity index (χ0) is 13.1. The summed E-state index contributed by atoms with van der Waals surface area (Å²) in [5, 5.41) is 17.6. The highest BCUT2D eigenvalue weighted by Gasteiger charge is 2.11. The van der Waals surface area contributed by atoms with E-state index in [4.69, 9.17) is 5.11 Å². The van der Waals surface area contributed by atoms with Crippen LogP contribution in [0.5, 0.6) is 0 Å². The number of nitrogens with zero attached hydrogens (tertiary/aromatic N) is 2. The number of anilines is 1. The molecule has 18 heavy (non-hydrogen) atoms. The van der Waals surface area contributed by atoms with Crippen molar-refractivity contribution in [3.63, 3.8) is 0 Å². The third kappa shape index (κ3) is 2.34. The maximum Gasteiger partial charge on any atom is 0.337 e. The Hall–Kier alpha value is -2.70. The van der Waals surface area contributed by atoms with E-state index in [2.05, 4.69) is 20.5 Å². The number of aromatic nitrogens is 3. The van der Waals surface area contributed by atoms with Crippen LogP contribution in [0.1, 0.15) is 26.4 Å². The van der Waals surface area contributed by atoms with Gasteiger partial charge in [0.25, 0.3) is 5.91 Å². The number of nitrogens with one attached hydrogen (secondary N) is 2. The van der Waals surface area contributed by atoms with E-state index >= 15 is 0 Å². The van der Waals surface area contributed by atoms with Gasteiger partial charge in [-0.2, -0.15) is 5.10 Å². The monoisotopic (exact) mass is 246 g/mol. The van der Waals surface area contributed by atoms with Crippen LogP contribution in [0.15, 0.2) is 24.5 Å². The van der Waals surface area contributed by atoms with Crippen LogP contribution in [0, 0.1) is 6.92 Å². The average Bonchev–Trinajstić information content (AvgIpc) is 2.76. The molecule has 0 fully saturated rings. The number of hydrogen-bond donors (Lipinski definition) is 3. The molecule has 0 radical (unpaired) electrons. The summed E-state index contributed by atoms with van der Waals surface area (Å²) in [5.74, 6) is -1.13. The molecular weight excluding hydrogens is 236 g/mol. The predicted octanol–water partition coefficient (Wildman–Crippen LogP) is 1.06. The van der Waals surface area contributed by atoms with Gasteiger partial charge in [0.15, 0.2) is 0 Å². The normalized spacial score (nSPS) is 10.1. The topological polar surface area (TPSA) is 108 Å². The van der Waals surface area contributed by atoms with Crippen molar-refractivity contribution in [2.24, 2.45) is 0 Å². The van der Waals surface area contributed by atoms with Gasteiger partial charge in [0.2, 0.25) is 0 Å². The second-order valence-electron chi connectivity index (χ2n) is 3.60. The number of carbonyl (C=O) groups is 2. The van der Waals surface area contributed by atoms with Gasteiger partial charge in [-0.1, -0.05) is 0 Å². The van der Waals surface area contributed by atoms with Crippen molar-refractivity contribution >= 4 is 17.7 Å². The summed E-state index contributed by atoms with van der Waals surface area (Å²) in [6, 6.07) is 2.80. The number of aromatic carboxylic acids is 1. The van der Waals surface area contributed by atoms with Crippen LogP contribution in [-0.4, -0.2) is 32.2 Å². The molecule has 2 rings (SSSR count). The molecule has 0 unspecified atom stereocenters. The van der Waals surface area contributed by atoms with Gasteiger partial charge >= 0.3 is 5.97 Å². The molecule has 0 aliphatic carbocycles. The summed E-state index contributed by atoms with van der Waals surface area (Å²) in [6.45, 7) is 1.73. The second kappa shape index (κ2) is 4.66. The van der Waals surface area contributed by atoms with Crippen LogP contribution in [0.4, 0.5) is 5.82 Å². The van der Waals surface area contributed by atoms with E-state index in [1.54, 1.807) is 6.92 Å². The number of aromatic amines is 1. The summed E-state index contributed by atoms with van der Waals surface area (Å²) >= 11 is 0. The van der Waals surface area contributed by atoms with Crippen LogP contribution in [0.25, 0.3) is 0 Å². The maximum absolute atomic E-state index is 11.8. The first-order valence-corrected chi connectivity index (χ1v) is 5.08. The Balaban J connectivity index is 2.13. The van der Waals surface area contributed by atoms with Gasteiger partial charge in [-0.25, -0.2) is 9.78 Å². The number of rotatable bonds is 3. The Labute approximate surface area is 102 Å². The molecule has 92 valence electrons. The van der Waals surface area contributed by atoms with E-state index < -0.39 is 5.97 Å². The minimum atomic E-state index is -1.06. The number of amides is 1. The van der Waals surface area contributed by atoms with E-state index in [0.717, 1.165) is 0 Å². The molecule has 3 N–H and O–H groups in total. The largest absolute Gasteiger partial charge is 0.478 e. The molecule has 1 amide bonds. The lowest BCUT2D eigenvalue weighted by Gasteiger charge is -2.03. The molecule has 7 nitrogen and oxygen atoms in total. The zero-order valence-corrected chi connectivity index (χ0v) is 9.47. The van der Waals surface area contributed by atoms with Gasteiger partial charge in [0.05, 0.1) is 17.3 Å². The first-order chi connectivity index (χ1) is 8.58. The van der Waals surface area contributed by atoms with Gasteiger partial charge in [0, 0.05) is 11.9 Å². The van der Waals surface area contributed by atoms with Gasteiger partial charge in [-0.3, -0.25) is 9.89 Å². The molecule has 0 spiro atoms. The van der Waals surface area contributed by atoms with Crippen molar-refractivity contribution in [3.8, 4) is 0 Å². The second-order valence-corrected chi connectivity index (χ2v) is 3.60. The number of H-pyrrole nitrogens is 1. The van der Waals surface area contributed by atoms with Crippen LogP contribution in [-0.2, 0) is 0 Å². The summed E-state index contributed by atoms with van der Waals surface area (Å²) in [5.41, 5.74) is 1.13. The molecule has 0 bridgehead atoms. The molecule has 0 saturated heterocycles. The smallest absolute Gasteiger partial charge is 0.337 e. The molecule has 2 aromatic rings. The number of aryl methyl sites for hydroxylation is 1. The minimum absolute atomic E-state index is 0.0625. The number of hydrogen-bond acceptors (Lipinski definition) is 4. The summed E-state index contributed by atoms with van der Waals surface area (Å²) < 4.78 is 0. The third-order valence-corrected chi connectivity index (χ3v) is 2.33. The van der Waals surface area contributed by atoms with Gasteiger partial charge in [-0.15, -0.1) is 0 Å². The molecule has 0 aliphatic heterocycles. The molecule has 0 atom stereocenters. The van der Waals surface area contributed by atoms with Crippen molar-refractivity contribution in [3.05, 3.63) is 41.3 Å². The van der Waals surface area contributed by atoms with Gasteiger partial charge < -0.3 is 10.4 Å². The number of carboxylic acids is 1. The molecule has 7 heteroatoms. The van der Waals surface area contributed by atoms with E-state index in [-0.39, 0.29) is 17.3 Å². The maximum atomic E-state index is 11.8. The van der Waals surface area contributed by atoms with Crippen molar-refractivity contribution in [1.82, 2.24) is 15.2 Å². The lowest BCUT2D eigenvalue weighted by molar-refractivity contribution is 0.0696. The first-order valence-electron chi connectivity index (χ1n) is 5.08. The number of carbonyl (C=O) groups excluding carboxylic acids is 1. The van der Waals surface area contributed by atoms with Crippen LogP contribution in [0.2, 0.25) is 0 Å². The summed E-state index contributed by atoms with van der Waals surface area (Å²) in [4.78, 5) is 26.2. The fraction of sp³-hybridized carbons (Fsp3) is 0.0909. The minimum Gasteiger partial charge on any atom is -0.478 e. The molecule has 0 aliphatic rings. The lowest BCUT2D eigenvalue weighted by atomic mass is 10.2. The quantitative estimate of drug-likeness (QED) is 0.750. The lowest BCUT2D eigenvalue weighted by Crippen LogP contribution is -2.13. The Kier molecular flexibility index (Phi) is 3.05. The number of carboxylic acid groups (broad SMARTS) is 1. The fourth-order valence-corrected chi connectivity index (χ4v) is 1.36. The molecule has 0 aromatic carbocycles. The molecule has 2 aromatic heterocycles. The Bertz CT molecular complexity index is 589. The predicted molar refractivity (Wildman–Crippen MR) is 62.5 cm³/mol. The SMILES string of the molecule is Cc1[nH]ncc1C(=O)Nc1ccc(C(=O)O)cn1. The highest BCUT2D eigenvalue weighted by atomic mass is 16.4. The summed E-state index contributed by atoms with van der Waals surface area (Å²) in [6.07, 6.45) is 2.59. The van der Waals surface area contributed by atoms with E-state index in [9.17, 15) is 9.59 Å². The van der Waals surface area contributed by atoms with Crippen molar-refractivity contribution in [2.75, 3.05) is 5.32 Å². The third-order valence-electron chi connectivity index (χ3n) is 2.33. The zero-order valence-electron chi connectivity index (χ0n) is 9.47. The van der Waals surface area contributed by atoms with Crippen molar-refractivity contribution in [2.45, 2.75) is 6.92 Å². The molecule has 0 saturated carbocycles. The first kappa shape index (κ1) is 11.8. The highest BCUT2D eigenvalue weighted by molar-refractivity contribution is 6.04. The van der Waals surface area contributed by atoms with Crippen molar-refractivity contribution < 1.29 is 14.7 Å². The van der Waals surface area contributed by atoms with E-state index in [1.165, 1.54) is 24.5 Å². The molecular formula is C11H10N4O3. The Morgan fingerprint density at radius 2 is 2.11 bits per heavy atom. The van der Waals surface area contributed by atoms with E-state index in [0.29, 0.717) is 11.3 Å². The van der Waals surface area contributed by atoms with Gasteiger partial charge in [-0.05, 0) is 19.1 Å². The van der Waals surface area contributed by atoms with Crippen molar-refractivity contribution in [1.29, 1.82) is 0 Å². The Morgan fingerprint density at radius 3 is 2.61 bits per heavy atom. The molecule has 2 heterocycles. The van der Waals surface area contributed by atoms with Crippen LogP contribution >= 0.6 is 0 Å². The Morgan fingerprint density at radius 1 is 1.33 bits per heavy atom. The average molecular weight is 246 g/mol. The highest BCUT2D eigenvalue weighted by Crippen LogP contribution is 2.09. The van der Waals surface area contributed by atoms with Crippen LogP contribution in [0.3, 0.4) is 0 Å². The van der Waals surface area contributed by atoms with E-state index in [1.807, 2.05) is 0 Å². The summed E-state index contributed by atoms with van der Waals surface area (Å²) in [7, 11) is 0.